The molecule has 0 radical (unpaired) electrons. The zero-order chi connectivity index (χ0) is 14.9. The van der Waals surface area contributed by atoms with Crippen LogP contribution in [0, 0.1) is 13.8 Å². The molecule has 106 valence electrons. The third kappa shape index (κ3) is 2.63. The van der Waals surface area contributed by atoms with Crippen LogP contribution >= 0.6 is 0 Å². The summed E-state index contributed by atoms with van der Waals surface area (Å²) in [6.45, 7) is 3.70. The summed E-state index contributed by atoms with van der Waals surface area (Å²) in [4.78, 5) is 0.209. The van der Waals surface area contributed by atoms with Crippen molar-refractivity contribution in [3.8, 4) is 0 Å². The standard InChI is InChI=1S/C15H18N2O2S/c1-11-8-13(16)10-14(9-11)20(18,19)17(3)15-7-5-4-6-12(15)2/h4-10H,16H2,1-3H3. The highest BCUT2D eigenvalue weighted by Gasteiger charge is 2.22. The molecule has 4 nitrogen and oxygen atoms in total. The number of aryl methyl sites for hydroxylation is 2. The highest BCUT2D eigenvalue weighted by Crippen LogP contribution is 2.26. The molecule has 0 aromatic heterocycles. The lowest BCUT2D eigenvalue weighted by atomic mass is 10.2. The molecule has 0 fully saturated rings. The molecule has 0 aliphatic heterocycles. The van der Waals surface area contributed by atoms with E-state index in [0.29, 0.717) is 11.4 Å². The van der Waals surface area contributed by atoms with Gasteiger partial charge in [-0.05, 0) is 49.2 Å². The number of nitrogens with two attached hydrogens (primary N) is 1. The van der Waals surface area contributed by atoms with Gasteiger partial charge in [-0.2, -0.15) is 0 Å². The van der Waals surface area contributed by atoms with Crippen LogP contribution in [0.2, 0.25) is 0 Å². The minimum atomic E-state index is -3.61. The number of rotatable bonds is 3. The van der Waals surface area contributed by atoms with Gasteiger partial charge in [-0.25, -0.2) is 8.42 Å². The van der Waals surface area contributed by atoms with Crippen LogP contribution in [0.25, 0.3) is 0 Å². The number of anilines is 2. The number of hydrogen-bond acceptors (Lipinski definition) is 3. The molecule has 0 amide bonds. The molecular formula is C15H18N2O2S. The van der Waals surface area contributed by atoms with Crippen LogP contribution in [0.3, 0.4) is 0 Å². The van der Waals surface area contributed by atoms with Gasteiger partial charge in [-0.1, -0.05) is 18.2 Å². The number of para-hydroxylation sites is 1. The van der Waals surface area contributed by atoms with E-state index in [1.807, 2.05) is 32.0 Å². The third-order valence-electron chi connectivity index (χ3n) is 3.19. The van der Waals surface area contributed by atoms with E-state index in [9.17, 15) is 8.42 Å². The predicted octanol–water partition coefficient (Wildman–Crippen LogP) is 2.71. The topological polar surface area (TPSA) is 63.4 Å². The highest BCUT2D eigenvalue weighted by atomic mass is 32.2. The first-order valence-corrected chi connectivity index (χ1v) is 7.68. The minimum Gasteiger partial charge on any atom is -0.399 e. The Hall–Kier alpha value is -2.01. The molecule has 0 saturated carbocycles. The fourth-order valence-electron chi connectivity index (χ4n) is 2.13. The highest BCUT2D eigenvalue weighted by molar-refractivity contribution is 7.92. The van der Waals surface area contributed by atoms with E-state index in [2.05, 4.69) is 0 Å². The maximum atomic E-state index is 12.7. The molecule has 0 unspecified atom stereocenters. The second-order valence-corrected chi connectivity index (χ2v) is 6.81. The summed E-state index contributed by atoms with van der Waals surface area (Å²) in [7, 11) is -2.05. The molecule has 2 aromatic carbocycles. The zero-order valence-electron chi connectivity index (χ0n) is 11.8. The lowest BCUT2D eigenvalue weighted by Crippen LogP contribution is -2.27. The summed E-state index contributed by atoms with van der Waals surface area (Å²) < 4.78 is 26.6. The lowest BCUT2D eigenvalue weighted by Gasteiger charge is -2.21. The molecule has 5 heteroatoms. The Balaban J connectivity index is 2.52. The first-order valence-electron chi connectivity index (χ1n) is 6.24. The monoisotopic (exact) mass is 290 g/mol. The van der Waals surface area contributed by atoms with Gasteiger partial charge >= 0.3 is 0 Å². The van der Waals surface area contributed by atoms with E-state index >= 15 is 0 Å². The third-order valence-corrected chi connectivity index (χ3v) is 4.94. The SMILES string of the molecule is Cc1cc(N)cc(S(=O)(=O)N(C)c2ccccc2C)c1. The summed E-state index contributed by atoms with van der Waals surface area (Å²) in [6.07, 6.45) is 0. The molecule has 0 aliphatic rings. The molecule has 0 saturated heterocycles. The van der Waals surface area contributed by atoms with E-state index in [1.165, 1.54) is 10.4 Å². The van der Waals surface area contributed by atoms with Crippen molar-refractivity contribution in [3.05, 3.63) is 53.6 Å². The number of nitrogens with zero attached hydrogens (tertiary/aromatic N) is 1. The Morgan fingerprint density at radius 2 is 1.70 bits per heavy atom. The molecule has 0 atom stereocenters. The van der Waals surface area contributed by atoms with Crippen LogP contribution in [0.4, 0.5) is 11.4 Å². The molecule has 0 spiro atoms. The van der Waals surface area contributed by atoms with Crippen molar-refractivity contribution in [2.75, 3.05) is 17.1 Å². The van der Waals surface area contributed by atoms with Crippen molar-refractivity contribution in [1.29, 1.82) is 0 Å². The van der Waals surface area contributed by atoms with Crippen LogP contribution < -0.4 is 10.0 Å². The van der Waals surface area contributed by atoms with E-state index in [4.69, 9.17) is 5.73 Å². The van der Waals surface area contributed by atoms with Gasteiger partial charge in [0.05, 0.1) is 10.6 Å². The fraction of sp³-hybridized carbons (Fsp3) is 0.200. The van der Waals surface area contributed by atoms with E-state index < -0.39 is 10.0 Å². The first-order chi connectivity index (χ1) is 9.32. The van der Waals surface area contributed by atoms with Crippen molar-refractivity contribution in [1.82, 2.24) is 0 Å². The molecule has 20 heavy (non-hydrogen) atoms. The smallest absolute Gasteiger partial charge is 0.264 e. The number of benzene rings is 2. The van der Waals surface area contributed by atoms with Crippen molar-refractivity contribution >= 4 is 21.4 Å². The second kappa shape index (κ2) is 5.17. The summed E-state index contributed by atoms with van der Waals surface area (Å²) in [5.41, 5.74) is 8.57. The van der Waals surface area contributed by atoms with Gasteiger partial charge in [0.2, 0.25) is 0 Å². The van der Waals surface area contributed by atoms with Gasteiger partial charge in [0.25, 0.3) is 10.0 Å². The van der Waals surface area contributed by atoms with Crippen molar-refractivity contribution < 1.29 is 8.42 Å². The van der Waals surface area contributed by atoms with Gasteiger partial charge in [0, 0.05) is 12.7 Å². The van der Waals surface area contributed by atoms with Gasteiger partial charge in [0.15, 0.2) is 0 Å². The second-order valence-electron chi connectivity index (χ2n) is 4.84. The molecule has 0 bridgehead atoms. The minimum absolute atomic E-state index is 0.209. The van der Waals surface area contributed by atoms with Crippen LogP contribution in [0.5, 0.6) is 0 Å². The first kappa shape index (κ1) is 14.4. The van der Waals surface area contributed by atoms with Gasteiger partial charge in [-0.3, -0.25) is 4.31 Å². The van der Waals surface area contributed by atoms with Crippen molar-refractivity contribution in [3.63, 3.8) is 0 Å². The Morgan fingerprint density at radius 3 is 2.30 bits per heavy atom. The molecule has 0 heterocycles. The maximum absolute atomic E-state index is 12.7. The van der Waals surface area contributed by atoms with E-state index in [0.717, 1.165) is 11.1 Å². The Morgan fingerprint density at radius 1 is 1.05 bits per heavy atom. The van der Waals surface area contributed by atoms with Gasteiger partial charge in [-0.15, -0.1) is 0 Å². The van der Waals surface area contributed by atoms with Crippen molar-refractivity contribution in [2.24, 2.45) is 0 Å². The summed E-state index contributed by atoms with van der Waals surface area (Å²) in [5, 5.41) is 0. The maximum Gasteiger partial charge on any atom is 0.264 e. The average Bonchev–Trinajstić information content (AvgIpc) is 2.37. The summed E-state index contributed by atoms with van der Waals surface area (Å²) in [6, 6.07) is 12.2. The molecular weight excluding hydrogens is 272 g/mol. The van der Waals surface area contributed by atoms with Crippen LogP contribution in [0.15, 0.2) is 47.4 Å². The fourth-order valence-corrected chi connectivity index (χ4v) is 3.53. The summed E-state index contributed by atoms with van der Waals surface area (Å²) in [5.74, 6) is 0. The van der Waals surface area contributed by atoms with Crippen LogP contribution in [-0.4, -0.2) is 15.5 Å². The molecule has 2 aromatic rings. The quantitative estimate of drug-likeness (QED) is 0.884. The Bertz CT molecular complexity index is 719. The van der Waals surface area contributed by atoms with Gasteiger partial charge in [0.1, 0.15) is 0 Å². The number of nitrogen functional groups attached to an aromatic ring is 1. The van der Waals surface area contributed by atoms with Crippen molar-refractivity contribution in [2.45, 2.75) is 18.7 Å². The average molecular weight is 290 g/mol. The number of sulfonamides is 1. The van der Waals surface area contributed by atoms with E-state index in [1.54, 1.807) is 25.2 Å². The van der Waals surface area contributed by atoms with Crippen LogP contribution in [0.1, 0.15) is 11.1 Å². The van der Waals surface area contributed by atoms with Gasteiger partial charge < -0.3 is 5.73 Å². The van der Waals surface area contributed by atoms with Crippen LogP contribution in [-0.2, 0) is 10.0 Å². The largest absolute Gasteiger partial charge is 0.399 e. The lowest BCUT2D eigenvalue weighted by molar-refractivity contribution is 0.594. The normalized spacial score (nSPS) is 11.3. The van der Waals surface area contributed by atoms with E-state index in [-0.39, 0.29) is 4.90 Å². The predicted molar refractivity (Wildman–Crippen MR) is 82.4 cm³/mol. The Kier molecular flexibility index (Phi) is 3.72. The summed E-state index contributed by atoms with van der Waals surface area (Å²) >= 11 is 0. The zero-order valence-corrected chi connectivity index (χ0v) is 12.6. The molecule has 0 aliphatic carbocycles. The molecule has 2 rings (SSSR count). The number of hydrogen-bond donors (Lipinski definition) is 1. The molecule has 2 N–H and O–H groups in total. The Labute approximate surface area is 119 Å².